The Labute approximate surface area is 151 Å². The molecule has 2 aromatic rings. The van der Waals surface area contributed by atoms with Crippen molar-refractivity contribution in [2.24, 2.45) is 0 Å². The highest BCUT2D eigenvalue weighted by Crippen LogP contribution is 2.28. The molecule has 0 spiro atoms. The van der Waals surface area contributed by atoms with Crippen LogP contribution in [0.2, 0.25) is 0 Å². The molecule has 4 nitrogen and oxygen atoms in total. The van der Waals surface area contributed by atoms with Crippen LogP contribution in [0.15, 0.2) is 54.6 Å². The van der Waals surface area contributed by atoms with Gasteiger partial charge in [-0.2, -0.15) is 0 Å². The van der Waals surface area contributed by atoms with E-state index in [0.717, 1.165) is 44.9 Å². The first-order valence-electron chi connectivity index (χ1n) is 9.16. The van der Waals surface area contributed by atoms with Gasteiger partial charge in [0, 0.05) is 44.4 Å². The molecule has 3 rings (SSSR count). The van der Waals surface area contributed by atoms with Crippen LogP contribution in [0.1, 0.15) is 18.1 Å². The molecular weight excluding hydrogens is 310 g/mol. The van der Waals surface area contributed by atoms with Crippen LogP contribution in [-0.4, -0.2) is 51.7 Å². The molecule has 134 valence electrons. The number of benzene rings is 2. The van der Waals surface area contributed by atoms with Gasteiger partial charge in [0.2, 0.25) is 0 Å². The van der Waals surface area contributed by atoms with Crippen LogP contribution in [0.5, 0.6) is 5.75 Å². The van der Waals surface area contributed by atoms with Crippen molar-refractivity contribution in [3.05, 3.63) is 60.2 Å². The Balaban J connectivity index is 1.72. The number of hydrogen-bond acceptors (Lipinski definition) is 4. The molecule has 1 N–H and O–H groups in total. The van der Waals surface area contributed by atoms with Crippen molar-refractivity contribution >= 4 is 5.69 Å². The lowest BCUT2D eigenvalue weighted by Gasteiger charge is -2.34. The lowest BCUT2D eigenvalue weighted by atomic mass is 10.1. The van der Waals surface area contributed by atoms with Crippen LogP contribution in [0.25, 0.3) is 0 Å². The number of nitrogens with one attached hydrogen (secondary N) is 1. The highest BCUT2D eigenvalue weighted by molar-refractivity contribution is 5.51. The van der Waals surface area contributed by atoms with Gasteiger partial charge < -0.3 is 19.9 Å². The number of ether oxygens (including phenoxy) is 1. The van der Waals surface area contributed by atoms with E-state index in [2.05, 4.69) is 70.7 Å². The molecule has 1 saturated heterocycles. The van der Waals surface area contributed by atoms with Gasteiger partial charge in [-0.05, 0) is 38.3 Å². The monoisotopic (exact) mass is 339 g/mol. The average molecular weight is 339 g/mol. The molecule has 2 aromatic carbocycles. The van der Waals surface area contributed by atoms with Gasteiger partial charge in [0.25, 0.3) is 0 Å². The van der Waals surface area contributed by atoms with Crippen molar-refractivity contribution in [2.45, 2.75) is 12.5 Å². The Morgan fingerprint density at radius 3 is 2.48 bits per heavy atom. The van der Waals surface area contributed by atoms with Gasteiger partial charge in [-0.15, -0.1) is 0 Å². The number of hydrogen-bond donors (Lipinski definition) is 1. The van der Waals surface area contributed by atoms with E-state index in [1.54, 1.807) is 0 Å². The number of likely N-dealkylation sites (N-methyl/N-ethyl adjacent to an activating group) is 1. The SMILES string of the molecule is CNCCC(Oc1cccc(N2CCN(C)CC2)c1)c1ccccc1. The Bertz CT molecular complexity index is 639. The summed E-state index contributed by atoms with van der Waals surface area (Å²) in [7, 11) is 4.17. The summed E-state index contributed by atoms with van der Waals surface area (Å²) in [6.45, 7) is 5.29. The molecule has 0 bridgehead atoms. The fourth-order valence-corrected chi connectivity index (χ4v) is 3.22. The second kappa shape index (κ2) is 8.88. The van der Waals surface area contributed by atoms with E-state index in [9.17, 15) is 0 Å². The smallest absolute Gasteiger partial charge is 0.125 e. The van der Waals surface area contributed by atoms with E-state index in [1.807, 2.05) is 13.1 Å². The highest BCUT2D eigenvalue weighted by Gasteiger charge is 2.16. The zero-order valence-electron chi connectivity index (χ0n) is 15.3. The second-order valence-electron chi connectivity index (χ2n) is 6.70. The molecule has 1 fully saturated rings. The van der Waals surface area contributed by atoms with Crippen molar-refractivity contribution < 1.29 is 4.74 Å². The van der Waals surface area contributed by atoms with Crippen molar-refractivity contribution in [1.29, 1.82) is 0 Å². The molecule has 0 saturated carbocycles. The van der Waals surface area contributed by atoms with Crippen LogP contribution in [-0.2, 0) is 0 Å². The summed E-state index contributed by atoms with van der Waals surface area (Å²) in [5.41, 5.74) is 2.48. The molecule has 25 heavy (non-hydrogen) atoms. The summed E-state index contributed by atoms with van der Waals surface area (Å²) in [5.74, 6) is 0.946. The predicted molar refractivity (Wildman–Crippen MR) is 105 cm³/mol. The third-order valence-corrected chi connectivity index (χ3v) is 4.79. The molecule has 1 aliphatic heterocycles. The molecule has 4 heteroatoms. The highest BCUT2D eigenvalue weighted by atomic mass is 16.5. The van der Waals surface area contributed by atoms with Crippen LogP contribution >= 0.6 is 0 Å². The molecular formula is C21H29N3O. The molecule has 0 amide bonds. The third kappa shape index (κ3) is 4.97. The summed E-state index contributed by atoms with van der Waals surface area (Å²) in [5, 5.41) is 3.23. The Kier molecular flexibility index (Phi) is 6.31. The maximum atomic E-state index is 6.38. The van der Waals surface area contributed by atoms with Crippen molar-refractivity contribution in [3.63, 3.8) is 0 Å². The lowest BCUT2D eigenvalue weighted by Crippen LogP contribution is -2.44. The van der Waals surface area contributed by atoms with Crippen LogP contribution in [0, 0.1) is 0 Å². The molecule has 1 aliphatic rings. The van der Waals surface area contributed by atoms with Gasteiger partial charge in [0.1, 0.15) is 11.9 Å². The summed E-state index contributed by atoms with van der Waals surface area (Å²) in [6.07, 6.45) is 1.01. The van der Waals surface area contributed by atoms with Crippen molar-refractivity contribution in [1.82, 2.24) is 10.2 Å². The third-order valence-electron chi connectivity index (χ3n) is 4.79. The molecule has 0 radical (unpaired) electrons. The zero-order valence-corrected chi connectivity index (χ0v) is 15.3. The van der Waals surface area contributed by atoms with Crippen LogP contribution in [0.4, 0.5) is 5.69 Å². The Hall–Kier alpha value is -2.04. The first kappa shape index (κ1) is 17.8. The molecule has 1 atom stereocenters. The van der Waals surface area contributed by atoms with E-state index >= 15 is 0 Å². The fraction of sp³-hybridized carbons (Fsp3) is 0.429. The molecule has 0 aliphatic carbocycles. The van der Waals surface area contributed by atoms with E-state index < -0.39 is 0 Å². The van der Waals surface area contributed by atoms with E-state index in [1.165, 1.54) is 11.3 Å². The normalized spacial score (nSPS) is 16.6. The maximum absolute atomic E-state index is 6.38. The van der Waals surface area contributed by atoms with Gasteiger partial charge in [0.05, 0.1) is 0 Å². The van der Waals surface area contributed by atoms with Gasteiger partial charge in [-0.3, -0.25) is 0 Å². The Morgan fingerprint density at radius 1 is 1.00 bits per heavy atom. The van der Waals surface area contributed by atoms with E-state index in [4.69, 9.17) is 4.74 Å². The minimum Gasteiger partial charge on any atom is -0.486 e. The topological polar surface area (TPSA) is 27.7 Å². The van der Waals surface area contributed by atoms with Gasteiger partial charge in [-0.25, -0.2) is 0 Å². The van der Waals surface area contributed by atoms with E-state index in [0.29, 0.717) is 0 Å². The Morgan fingerprint density at radius 2 is 1.76 bits per heavy atom. The molecule has 1 heterocycles. The quantitative estimate of drug-likeness (QED) is 0.838. The first-order valence-corrected chi connectivity index (χ1v) is 9.16. The maximum Gasteiger partial charge on any atom is 0.125 e. The first-order chi connectivity index (χ1) is 12.3. The van der Waals surface area contributed by atoms with Gasteiger partial charge in [-0.1, -0.05) is 36.4 Å². The predicted octanol–water partition coefficient (Wildman–Crippen LogP) is 3.17. The van der Waals surface area contributed by atoms with Crippen molar-refractivity contribution in [3.8, 4) is 5.75 Å². The number of rotatable bonds is 7. The minimum atomic E-state index is 0.0661. The van der Waals surface area contributed by atoms with E-state index in [-0.39, 0.29) is 6.10 Å². The summed E-state index contributed by atoms with van der Waals surface area (Å²) in [6, 6.07) is 19.0. The largest absolute Gasteiger partial charge is 0.486 e. The summed E-state index contributed by atoms with van der Waals surface area (Å²) >= 11 is 0. The average Bonchev–Trinajstić information content (AvgIpc) is 2.66. The minimum absolute atomic E-state index is 0.0661. The standard InChI is InChI=1S/C21H29N3O/c1-22-12-11-21(18-7-4-3-5-8-18)25-20-10-6-9-19(17-20)24-15-13-23(2)14-16-24/h3-10,17,21-22H,11-16H2,1-2H3. The van der Waals surface area contributed by atoms with Crippen molar-refractivity contribution in [2.75, 3.05) is 51.7 Å². The number of piperazine rings is 1. The second-order valence-corrected chi connectivity index (χ2v) is 6.70. The summed E-state index contributed by atoms with van der Waals surface area (Å²) < 4.78 is 6.38. The molecule has 1 unspecified atom stereocenters. The summed E-state index contributed by atoms with van der Waals surface area (Å²) in [4.78, 5) is 4.82. The number of anilines is 1. The number of nitrogens with zero attached hydrogens (tertiary/aromatic N) is 2. The zero-order chi connectivity index (χ0) is 17.5. The van der Waals surface area contributed by atoms with Crippen LogP contribution in [0.3, 0.4) is 0 Å². The molecule has 0 aromatic heterocycles. The van der Waals surface area contributed by atoms with Crippen LogP contribution < -0.4 is 15.0 Å². The fourth-order valence-electron chi connectivity index (χ4n) is 3.22. The lowest BCUT2D eigenvalue weighted by molar-refractivity contribution is 0.195. The van der Waals surface area contributed by atoms with Gasteiger partial charge >= 0.3 is 0 Å². The van der Waals surface area contributed by atoms with Gasteiger partial charge in [0.15, 0.2) is 0 Å².